The van der Waals surface area contributed by atoms with Crippen LogP contribution in [0.3, 0.4) is 0 Å². The van der Waals surface area contributed by atoms with Crippen LogP contribution < -0.4 is 5.69 Å². The molecule has 0 saturated heterocycles. The quantitative estimate of drug-likeness (QED) is 0.630. The zero-order valence-corrected chi connectivity index (χ0v) is 6.66. The minimum absolute atomic E-state index is 0.298. The van der Waals surface area contributed by atoms with Crippen LogP contribution in [-0.2, 0) is 0 Å². The predicted octanol–water partition coefficient (Wildman–Crippen LogP) is 1.23. The number of benzene rings is 1. The summed E-state index contributed by atoms with van der Waals surface area (Å²) in [4.78, 5) is 17.1. The van der Waals surface area contributed by atoms with E-state index in [1.807, 2.05) is 25.1 Å². The first-order valence-corrected chi connectivity index (χ1v) is 3.71. The molecule has 1 aromatic carbocycles. The highest BCUT2D eigenvalue weighted by molar-refractivity contribution is 5.77. The van der Waals surface area contributed by atoms with Crippen molar-refractivity contribution in [1.82, 2.24) is 9.97 Å². The summed E-state index contributed by atoms with van der Waals surface area (Å²) in [5, 5.41) is 0.959. The van der Waals surface area contributed by atoms with Gasteiger partial charge in [-0.15, -0.1) is 0 Å². The van der Waals surface area contributed by atoms with E-state index < -0.39 is 0 Å². The summed E-state index contributed by atoms with van der Waals surface area (Å²) in [5.74, 6) is 0. The number of fused-ring (bicyclic) bond motifs is 1. The molecule has 0 aliphatic rings. The largest absolute Gasteiger partial charge is 0.345 e. The second kappa shape index (κ2) is 2.44. The lowest BCUT2D eigenvalue weighted by Crippen LogP contribution is -2.08. The topological polar surface area (TPSA) is 45.8 Å². The first-order chi connectivity index (χ1) is 5.75. The third kappa shape index (κ3) is 1.09. The molecule has 60 valence electrons. The molecule has 0 saturated carbocycles. The lowest BCUT2D eigenvalue weighted by molar-refractivity contribution is 1.12. The summed E-state index contributed by atoms with van der Waals surface area (Å²) in [6.45, 7) is 1.98. The van der Waals surface area contributed by atoms with Crippen molar-refractivity contribution < 1.29 is 0 Å². The minimum atomic E-state index is -0.298. The van der Waals surface area contributed by atoms with Crippen molar-refractivity contribution in [2.75, 3.05) is 0 Å². The van der Waals surface area contributed by atoms with E-state index in [0.29, 0.717) is 0 Å². The number of nitrogens with one attached hydrogen (secondary N) is 1. The van der Waals surface area contributed by atoms with Gasteiger partial charge in [-0.2, -0.15) is 0 Å². The maximum Gasteiger partial charge on any atom is 0.345 e. The summed E-state index contributed by atoms with van der Waals surface area (Å²) >= 11 is 0. The van der Waals surface area contributed by atoms with Crippen molar-refractivity contribution in [1.29, 1.82) is 0 Å². The molecule has 2 rings (SSSR count). The Kier molecular flexibility index (Phi) is 1.43. The van der Waals surface area contributed by atoms with Crippen molar-refractivity contribution in [2.45, 2.75) is 6.92 Å². The Morgan fingerprint density at radius 2 is 2.25 bits per heavy atom. The van der Waals surface area contributed by atoms with Gasteiger partial charge in [0, 0.05) is 11.6 Å². The molecule has 2 aromatic rings. The van der Waals surface area contributed by atoms with Gasteiger partial charge in [0.25, 0.3) is 0 Å². The normalized spacial score (nSPS) is 10.4. The second-order valence-electron chi connectivity index (χ2n) is 2.78. The predicted molar refractivity (Wildman–Crippen MR) is 47.1 cm³/mol. The molecular weight excluding hydrogens is 152 g/mol. The van der Waals surface area contributed by atoms with Crippen molar-refractivity contribution in [2.24, 2.45) is 0 Å². The van der Waals surface area contributed by atoms with Crippen LogP contribution in [0.15, 0.2) is 29.2 Å². The molecule has 0 atom stereocenters. The lowest BCUT2D eigenvalue weighted by Gasteiger charge is -1.96. The first-order valence-electron chi connectivity index (χ1n) is 3.71. The molecule has 1 aromatic heterocycles. The Balaban J connectivity index is 2.89. The van der Waals surface area contributed by atoms with Gasteiger partial charge < -0.3 is 4.98 Å². The number of nitrogens with zero attached hydrogens (tertiary/aromatic N) is 1. The number of aromatic amines is 1. The average Bonchev–Trinajstić information content (AvgIpc) is 2.03. The van der Waals surface area contributed by atoms with Crippen LogP contribution in [0.1, 0.15) is 5.56 Å². The highest BCUT2D eigenvalue weighted by atomic mass is 16.1. The summed E-state index contributed by atoms with van der Waals surface area (Å²) < 4.78 is 0. The molecule has 0 spiro atoms. The van der Waals surface area contributed by atoms with Crippen molar-refractivity contribution in [3.8, 4) is 0 Å². The van der Waals surface area contributed by atoms with E-state index in [2.05, 4.69) is 9.97 Å². The van der Waals surface area contributed by atoms with Crippen molar-refractivity contribution >= 4 is 10.9 Å². The first kappa shape index (κ1) is 7.03. The third-order valence-corrected chi connectivity index (χ3v) is 1.77. The number of aromatic nitrogens is 2. The number of hydrogen-bond acceptors (Lipinski definition) is 2. The lowest BCUT2D eigenvalue weighted by atomic mass is 10.2. The molecule has 0 aliphatic carbocycles. The zero-order chi connectivity index (χ0) is 8.55. The monoisotopic (exact) mass is 160 g/mol. The van der Waals surface area contributed by atoms with E-state index in [0.717, 1.165) is 16.5 Å². The van der Waals surface area contributed by atoms with Crippen LogP contribution in [0, 0.1) is 6.92 Å². The van der Waals surface area contributed by atoms with Crippen LogP contribution in [-0.4, -0.2) is 9.97 Å². The van der Waals surface area contributed by atoms with Gasteiger partial charge in [-0.3, -0.25) is 0 Å². The Morgan fingerprint density at radius 3 is 3.08 bits per heavy atom. The van der Waals surface area contributed by atoms with Crippen molar-refractivity contribution in [3.05, 3.63) is 40.4 Å². The van der Waals surface area contributed by atoms with Crippen LogP contribution >= 0.6 is 0 Å². The smallest absolute Gasteiger partial charge is 0.305 e. The summed E-state index contributed by atoms with van der Waals surface area (Å²) in [7, 11) is 0. The third-order valence-electron chi connectivity index (χ3n) is 1.77. The fourth-order valence-corrected chi connectivity index (χ4v) is 1.17. The van der Waals surface area contributed by atoms with E-state index in [1.165, 1.54) is 0 Å². The molecule has 0 amide bonds. The van der Waals surface area contributed by atoms with Crippen LogP contribution in [0.5, 0.6) is 0 Å². The molecule has 1 heterocycles. The number of H-pyrrole nitrogens is 1. The summed E-state index contributed by atoms with van der Waals surface area (Å²) in [6, 6.07) is 5.86. The molecule has 0 bridgehead atoms. The second-order valence-corrected chi connectivity index (χ2v) is 2.78. The van der Waals surface area contributed by atoms with E-state index in [9.17, 15) is 4.79 Å². The maximum absolute atomic E-state index is 10.8. The zero-order valence-electron chi connectivity index (χ0n) is 6.66. The van der Waals surface area contributed by atoms with E-state index in [-0.39, 0.29) is 5.69 Å². The SMILES string of the molecule is Cc1ccc2cnc(=O)[nH]c2c1. The molecule has 0 fully saturated rings. The molecule has 0 unspecified atom stereocenters. The molecule has 3 heteroatoms. The van der Waals surface area contributed by atoms with Crippen LogP contribution in [0.4, 0.5) is 0 Å². The highest BCUT2D eigenvalue weighted by Crippen LogP contribution is 2.09. The average molecular weight is 160 g/mol. The Bertz CT molecular complexity index is 473. The van der Waals surface area contributed by atoms with Gasteiger partial charge in [0.05, 0.1) is 5.52 Å². The molecule has 3 nitrogen and oxygen atoms in total. The van der Waals surface area contributed by atoms with Crippen molar-refractivity contribution in [3.63, 3.8) is 0 Å². The molecule has 0 aliphatic heterocycles. The number of hydrogen-bond donors (Lipinski definition) is 1. The van der Waals surface area contributed by atoms with Crippen LogP contribution in [0.25, 0.3) is 10.9 Å². The van der Waals surface area contributed by atoms with Gasteiger partial charge in [0.15, 0.2) is 0 Å². The van der Waals surface area contributed by atoms with Gasteiger partial charge in [-0.1, -0.05) is 12.1 Å². The van der Waals surface area contributed by atoms with Gasteiger partial charge in [-0.25, -0.2) is 9.78 Å². The molecule has 1 N–H and O–H groups in total. The van der Waals surface area contributed by atoms with E-state index in [1.54, 1.807) is 6.20 Å². The van der Waals surface area contributed by atoms with Gasteiger partial charge in [0.1, 0.15) is 0 Å². The number of aryl methyl sites for hydroxylation is 1. The van der Waals surface area contributed by atoms with Gasteiger partial charge in [0.2, 0.25) is 0 Å². The Morgan fingerprint density at radius 1 is 1.42 bits per heavy atom. The Hall–Kier alpha value is -1.64. The van der Waals surface area contributed by atoms with E-state index in [4.69, 9.17) is 0 Å². The van der Waals surface area contributed by atoms with Gasteiger partial charge >= 0.3 is 5.69 Å². The summed E-state index contributed by atoms with van der Waals surface area (Å²) in [6.07, 6.45) is 1.58. The maximum atomic E-state index is 10.8. The molecule has 0 radical (unpaired) electrons. The fourth-order valence-electron chi connectivity index (χ4n) is 1.17. The fraction of sp³-hybridized carbons (Fsp3) is 0.111. The van der Waals surface area contributed by atoms with E-state index >= 15 is 0 Å². The van der Waals surface area contributed by atoms with Crippen LogP contribution in [0.2, 0.25) is 0 Å². The Labute approximate surface area is 69.1 Å². The minimum Gasteiger partial charge on any atom is -0.305 e. The summed E-state index contributed by atoms with van der Waals surface area (Å²) in [5.41, 5.74) is 1.67. The highest BCUT2D eigenvalue weighted by Gasteiger charge is 1.93. The standard InChI is InChI=1S/C9H8N2O/c1-6-2-3-7-5-10-9(12)11-8(7)4-6/h2-5H,1H3,(H,10,11,12). The molecule has 12 heavy (non-hydrogen) atoms. The molecular formula is C9H8N2O. The van der Waals surface area contributed by atoms with Gasteiger partial charge in [-0.05, 0) is 18.6 Å². The number of rotatable bonds is 0.